The van der Waals surface area contributed by atoms with Gasteiger partial charge in [-0.3, -0.25) is 9.47 Å². The first-order valence-electron chi connectivity index (χ1n) is 11.6. The lowest BCUT2D eigenvalue weighted by molar-refractivity contribution is 0.240. The lowest BCUT2D eigenvalue weighted by atomic mass is 10.0. The van der Waals surface area contributed by atoms with Crippen LogP contribution in [-0.4, -0.2) is 33.6 Å². The molecule has 0 aliphatic carbocycles. The number of fused-ring (bicyclic) bond motifs is 3. The number of aromatic nitrogens is 2. The summed E-state index contributed by atoms with van der Waals surface area (Å²) >= 11 is 12.0. The Labute approximate surface area is 225 Å². The Balaban J connectivity index is 1.39. The summed E-state index contributed by atoms with van der Waals surface area (Å²) in [6.07, 6.45) is 5.25. The molecule has 0 atom stereocenters. The Morgan fingerprint density at radius 3 is 2.55 bits per heavy atom. The summed E-state index contributed by atoms with van der Waals surface area (Å²) in [5, 5.41) is 3.65. The molecule has 0 bridgehead atoms. The number of hydrogen-bond acceptors (Lipinski definition) is 3. The average molecular weight is 563 g/mol. The van der Waals surface area contributed by atoms with Crippen molar-refractivity contribution in [1.82, 2.24) is 19.8 Å². The predicted octanol–water partition coefficient (Wildman–Crippen LogP) is 6.73. The molecule has 1 amide bonds. The molecule has 3 heterocycles. The van der Waals surface area contributed by atoms with Crippen molar-refractivity contribution in [3.05, 3.63) is 104 Å². The van der Waals surface area contributed by atoms with Crippen LogP contribution in [0.1, 0.15) is 22.4 Å². The van der Waals surface area contributed by atoms with Crippen LogP contribution in [0.25, 0.3) is 17.0 Å². The zero-order valence-electron chi connectivity index (χ0n) is 19.7. The van der Waals surface area contributed by atoms with Gasteiger partial charge in [-0.15, -0.1) is 0 Å². The van der Waals surface area contributed by atoms with Gasteiger partial charge in [0.05, 0.1) is 10.5 Å². The van der Waals surface area contributed by atoms with Gasteiger partial charge in [0.1, 0.15) is 11.0 Å². The van der Waals surface area contributed by atoms with E-state index in [1.54, 1.807) is 24.4 Å². The number of rotatable bonds is 5. The minimum atomic E-state index is -1.51. The monoisotopic (exact) mass is 562 g/mol. The van der Waals surface area contributed by atoms with E-state index >= 15 is 0 Å². The molecule has 196 valence electrons. The van der Waals surface area contributed by atoms with Crippen LogP contribution in [0.15, 0.2) is 48.7 Å². The van der Waals surface area contributed by atoms with Crippen molar-refractivity contribution in [2.45, 2.75) is 19.5 Å². The summed E-state index contributed by atoms with van der Waals surface area (Å²) in [6, 6.07) is 7.60. The summed E-state index contributed by atoms with van der Waals surface area (Å²) < 4.78 is 56.1. The van der Waals surface area contributed by atoms with Gasteiger partial charge < -0.3 is 5.32 Å². The summed E-state index contributed by atoms with van der Waals surface area (Å²) in [6.45, 7) is 1.61. The fourth-order valence-corrected chi connectivity index (χ4v) is 4.97. The van der Waals surface area contributed by atoms with E-state index in [2.05, 4.69) is 10.3 Å². The summed E-state index contributed by atoms with van der Waals surface area (Å²) in [7, 11) is 0. The smallest absolute Gasteiger partial charge is 0.326 e. The minimum absolute atomic E-state index is 0.0964. The first-order valence-corrected chi connectivity index (χ1v) is 12.4. The van der Waals surface area contributed by atoms with Crippen LogP contribution < -0.4 is 5.32 Å². The highest BCUT2D eigenvalue weighted by Gasteiger charge is 2.27. The predicted molar refractivity (Wildman–Crippen MR) is 138 cm³/mol. The number of halogens is 6. The van der Waals surface area contributed by atoms with Crippen molar-refractivity contribution in [3.8, 4) is 0 Å². The molecule has 1 aliphatic heterocycles. The Morgan fingerprint density at radius 1 is 1.05 bits per heavy atom. The van der Waals surface area contributed by atoms with Crippen LogP contribution in [0, 0.1) is 23.3 Å². The van der Waals surface area contributed by atoms with Crippen molar-refractivity contribution in [2.24, 2.45) is 0 Å². The highest BCUT2D eigenvalue weighted by Crippen LogP contribution is 2.34. The molecule has 5 nitrogen and oxygen atoms in total. The first kappa shape index (κ1) is 26.2. The largest absolute Gasteiger partial charge is 0.333 e. The number of benzene rings is 2. The van der Waals surface area contributed by atoms with Crippen LogP contribution >= 0.6 is 23.2 Å². The minimum Gasteiger partial charge on any atom is -0.333 e. The number of carbonyl (C=O) groups is 1. The zero-order valence-corrected chi connectivity index (χ0v) is 21.3. The molecule has 11 heteroatoms. The van der Waals surface area contributed by atoms with E-state index in [0.717, 1.165) is 29.0 Å². The molecule has 0 radical (unpaired) electrons. The van der Waals surface area contributed by atoms with Gasteiger partial charge in [0.2, 0.25) is 0 Å². The molecule has 0 saturated carbocycles. The quantitative estimate of drug-likeness (QED) is 0.167. The lowest BCUT2D eigenvalue weighted by Crippen LogP contribution is -2.34. The number of nitrogens with one attached hydrogen (secondary N) is 1. The fourth-order valence-electron chi connectivity index (χ4n) is 4.61. The van der Waals surface area contributed by atoms with Gasteiger partial charge in [0, 0.05) is 49.9 Å². The van der Waals surface area contributed by atoms with Gasteiger partial charge in [0.25, 0.3) is 0 Å². The molecule has 0 saturated heterocycles. The van der Waals surface area contributed by atoms with Crippen LogP contribution in [0.3, 0.4) is 0 Å². The van der Waals surface area contributed by atoms with Gasteiger partial charge in [-0.25, -0.2) is 27.3 Å². The molecule has 5 rings (SSSR count). The molecule has 1 N–H and O–H groups in total. The highest BCUT2D eigenvalue weighted by molar-refractivity contribution is 6.31. The van der Waals surface area contributed by atoms with E-state index in [1.165, 1.54) is 22.8 Å². The van der Waals surface area contributed by atoms with Crippen molar-refractivity contribution in [1.29, 1.82) is 0 Å². The van der Waals surface area contributed by atoms with Crippen LogP contribution in [-0.2, 0) is 19.5 Å². The molecule has 0 unspecified atom stereocenters. The van der Waals surface area contributed by atoms with E-state index < -0.39 is 23.3 Å². The van der Waals surface area contributed by atoms with Crippen LogP contribution in [0.2, 0.25) is 10.2 Å². The van der Waals surface area contributed by atoms with Gasteiger partial charge in [-0.2, -0.15) is 0 Å². The molecular weight excluding hydrogens is 543 g/mol. The van der Waals surface area contributed by atoms with E-state index in [4.69, 9.17) is 23.2 Å². The maximum Gasteiger partial charge on any atom is 0.326 e. The third-order valence-corrected chi connectivity index (χ3v) is 6.88. The molecule has 0 spiro atoms. The Morgan fingerprint density at radius 2 is 1.82 bits per heavy atom. The standard InChI is InChI=1S/C27H20Cl2F4N4O/c28-19-12-24-17(11-20(19)30)18-14-36(6-1-2-15-8-21(31)26(33)22(32)9-15)7-4-23(18)37(24)27(38)35-13-16-3-5-34-25(29)10-16/h1-3,5,8-12H,4,6-7,13-14H2,(H,35,38)/b2-1+. The normalized spacial score (nSPS) is 13.8. The second-order valence-electron chi connectivity index (χ2n) is 8.88. The SMILES string of the molecule is O=C(NCc1ccnc(Cl)c1)n1c2c(c3cc(F)c(Cl)cc31)CN(C/C=C/c1cc(F)c(F)c(F)c1)CC2. The number of carbonyl (C=O) groups excluding carboxylic acids is 1. The fraction of sp³-hybridized carbons (Fsp3) is 0.185. The van der Waals surface area contributed by atoms with Gasteiger partial charge in [-0.05, 0) is 53.1 Å². The summed E-state index contributed by atoms with van der Waals surface area (Å²) in [5.41, 5.74) is 2.98. The number of hydrogen-bond donors (Lipinski definition) is 1. The number of pyridine rings is 1. The first-order chi connectivity index (χ1) is 18.2. The maximum atomic E-state index is 14.4. The van der Waals surface area contributed by atoms with Crippen LogP contribution in [0.5, 0.6) is 0 Å². The summed E-state index contributed by atoms with van der Waals surface area (Å²) in [4.78, 5) is 19.3. The zero-order chi connectivity index (χ0) is 27.0. The van der Waals surface area contributed by atoms with E-state index in [-0.39, 0.29) is 23.2 Å². The van der Waals surface area contributed by atoms with Crippen molar-refractivity contribution in [2.75, 3.05) is 13.1 Å². The molecule has 4 aromatic rings. The van der Waals surface area contributed by atoms with Crippen molar-refractivity contribution in [3.63, 3.8) is 0 Å². The Kier molecular flexibility index (Phi) is 7.43. The average Bonchev–Trinajstić information content (AvgIpc) is 3.18. The second-order valence-corrected chi connectivity index (χ2v) is 9.67. The molecule has 2 aromatic heterocycles. The third-order valence-electron chi connectivity index (χ3n) is 6.39. The van der Waals surface area contributed by atoms with Crippen molar-refractivity contribution >= 4 is 46.2 Å². The molecule has 38 heavy (non-hydrogen) atoms. The number of amides is 1. The lowest BCUT2D eigenvalue weighted by Gasteiger charge is -2.27. The maximum absolute atomic E-state index is 14.4. The van der Waals surface area contributed by atoms with E-state index in [9.17, 15) is 22.4 Å². The van der Waals surface area contributed by atoms with Gasteiger partial charge >= 0.3 is 6.03 Å². The molecule has 1 aliphatic rings. The molecule has 0 fully saturated rings. The van der Waals surface area contributed by atoms with Gasteiger partial charge in [-0.1, -0.05) is 35.4 Å². The summed E-state index contributed by atoms with van der Waals surface area (Å²) in [5.74, 6) is -4.62. The number of nitrogens with zero attached hydrogens (tertiary/aromatic N) is 3. The van der Waals surface area contributed by atoms with E-state index in [0.29, 0.717) is 42.1 Å². The van der Waals surface area contributed by atoms with E-state index in [1.807, 2.05) is 4.90 Å². The molecule has 2 aromatic carbocycles. The third kappa shape index (κ3) is 5.27. The van der Waals surface area contributed by atoms with Crippen molar-refractivity contribution < 1.29 is 22.4 Å². The highest BCUT2D eigenvalue weighted by atomic mass is 35.5. The topological polar surface area (TPSA) is 50.2 Å². The Hall–Kier alpha value is -3.40. The van der Waals surface area contributed by atoms with Crippen LogP contribution in [0.4, 0.5) is 22.4 Å². The second kappa shape index (κ2) is 10.8. The Bertz CT molecular complexity index is 1560. The van der Waals surface area contributed by atoms with Gasteiger partial charge in [0.15, 0.2) is 17.5 Å². The molecular formula is C27H20Cl2F4N4O.